The Morgan fingerprint density at radius 1 is 1.58 bits per heavy atom. The van der Waals surface area contributed by atoms with E-state index >= 15 is 0 Å². The molecule has 0 aliphatic heterocycles. The Kier molecular flexibility index (Phi) is 2.85. The first-order valence-corrected chi connectivity index (χ1v) is 4.52. The lowest BCUT2D eigenvalue weighted by molar-refractivity contribution is -0.104. The van der Waals surface area contributed by atoms with Crippen LogP contribution in [0.5, 0.6) is 0 Å². The van der Waals surface area contributed by atoms with Gasteiger partial charge < -0.3 is 0 Å². The first kappa shape index (κ1) is 9.24. The Labute approximate surface area is 74.2 Å². The molecule has 0 saturated heterocycles. The van der Waals surface area contributed by atoms with E-state index in [4.69, 9.17) is 0 Å². The SMILES string of the molecule is CC[C@@H]1C=C(C)C(C=O)=C(C)C1. The third-order valence-electron chi connectivity index (χ3n) is 2.58. The monoisotopic (exact) mass is 164 g/mol. The van der Waals surface area contributed by atoms with E-state index in [-0.39, 0.29) is 0 Å². The molecule has 1 heteroatoms. The van der Waals surface area contributed by atoms with Crippen molar-refractivity contribution in [2.75, 3.05) is 0 Å². The number of rotatable bonds is 2. The highest BCUT2D eigenvalue weighted by Crippen LogP contribution is 2.28. The summed E-state index contributed by atoms with van der Waals surface area (Å²) in [5.41, 5.74) is 3.32. The summed E-state index contributed by atoms with van der Waals surface area (Å²) in [5.74, 6) is 0.647. The van der Waals surface area contributed by atoms with Crippen molar-refractivity contribution in [3.63, 3.8) is 0 Å². The second-order valence-corrected chi connectivity index (χ2v) is 3.53. The first-order chi connectivity index (χ1) is 5.69. The Morgan fingerprint density at radius 2 is 2.25 bits per heavy atom. The van der Waals surface area contributed by atoms with Crippen LogP contribution in [0.3, 0.4) is 0 Å². The summed E-state index contributed by atoms with van der Waals surface area (Å²) in [6.45, 7) is 6.27. The van der Waals surface area contributed by atoms with E-state index in [2.05, 4.69) is 19.9 Å². The molecule has 0 aromatic rings. The third kappa shape index (κ3) is 1.66. The standard InChI is InChI=1S/C11H16O/c1-4-10-5-8(2)11(7-12)9(3)6-10/h5,7,10H,4,6H2,1-3H3/t10-/m1/s1. The lowest BCUT2D eigenvalue weighted by Gasteiger charge is -2.19. The summed E-state index contributed by atoms with van der Waals surface area (Å²) >= 11 is 0. The van der Waals surface area contributed by atoms with Crippen molar-refractivity contribution in [1.82, 2.24) is 0 Å². The fraction of sp³-hybridized carbons (Fsp3) is 0.545. The Balaban J connectivity index is 2.91. The number of aldehydes is 1. The average molecular weight is 164 g/mol. The van der Waals surface area contributed by atoms with Crippen molar-refractivity contribution in [3.8, 4) is 0 Å². The highest BCUT2D eigenvalue weighted by molar-refractivity contribution is 5.81. The quantitative estimate of drug-likeness (QED) is 0.573. The number of carbonyl (C=O) groups is 1. The second-order valence-electron chi connectivity index (χ2n) is 3.53. The Hall–Kier alpha value is -0.850. The summed E-state index contributed by atoms with van der Waals surface area (Å²) < 4.78 is 0. The predicted molar refractivity (Wildman–Crippen MR) is 50.9 cm³/mol. The maximum atomic E-state index is 10.7. The summed E-state index contributed by atoms with van der Waals surface area (Å²) in [6.07, 6.45) is 5.42. The minimum Gasteiger partial charge on any atom is -0.298 e. The van der Waals surface area contributed by atoms with Crippen molar-refractivity contribution in [2.45, 2.75) is 33.6 Å². The molecule has 0 unspecified atom stereocenters. The van der Waals surface area contributed by atoms with Crippen molar-refractivity contribution in [1.29, 1.82) is 0 Å². The summed E-state index contributed by atoms with van der Waals surface area (Å²) in [7, 11) is 0. The van der Waals surface area contributed by atoms with Crippen molar-refractivity contribution in [2.24, 2.45) is 5.92 Å². The Bertz CT molecular complexity index is 246. The van der Waals surface area contributed by atoms with Crippen LogP contribution in [0, 0.1) is 5.92 Å². The molecule has 0 aromatic heterocycles. The molecule has 0 amide bonds. The smallest absolute Gasteiger partial charge is 0.150 e. The van der Waals surface area contributed by atoms with Gasteiger partial charge >= 0.3 is 0 Å². The van der Waals surface area contributed by atoms with Gasteiger partial charge in [-0.15, -0.1) is 0 Å². The van der Waals surface area contributed by atoms with Gasteiger partial charge in [-0.1, -0.05) is 18.6 Å². The molecule has 0 fully saturated rings. The lowest BCUT2D eigenvalue weighted by Crippen LogP contribution is -2.07. The summed E-state index contributed by atoms with van der Waals surface area (Å²) in [6, 6.07) is 0. The number of carbonyl (C=O) groups excluding carboxylic acids is 1. The largest absolute Gasteiger partial charge is 0.298 e. The fourth-order valence-electron chi connectivity index (χ4n) is 1.80. The molecule has 0 saturated carbocycles. The normalized spacial score (nSPS) is 23.9. The summed E-state index contributed by atoms with van der Waals surface area (Å²) in [4.78, 5) is 10.7. The van der Waals surface area contributed by atoms with Crippen LogP contribution >= 0.6 is 0 Å². The third-order valence-corrected chi connectivity index (χ3v) is 2.58. The molecule has 1 rings (SSSR count). The van der Waals surface area contributed by atoms with E-state index in [1.54, 1.807) is 0 Å². The minimum atomic E-state index is 0.647. The van der Waals surface area contributed by atoms with Crippen LogP contribution in [0.2, 0.25) is 0 Å². The predicted octanol–water partition coefficient (Wildman–Crippen LogP) is 2.88. The Morgan fingerprint density at radius 3 is 2.67 bits per heavy atom. The molecule has 0 spiro atoms. The van der Waals surface area contributed by atoms with Crippen molar-refractivity contribution >= 4 is 6.29 Å². The minimum absolute atomic E-state index is 0.647. The number of allylic oxidation sites excluding steroid dienone is 4. The van der Waals surface area contributed by atoms with Gasteiger partial charge in [0.15, 0.2) is 0 Å². The van der Waals surface area contributed by atoms with Crippen LogP contribution in [0.1, 0.15) is 33.6 Å². The molecule has 1 atom stereocenters. The van der Waals surface area contributed by atoms with Gasteiger partial charge in [0, 0.05) is 5.57 Å². The molecule has 66 valence electrons. The van der Waals surface area contributed by atoms with Gasteiger partial charge in [0.05, 0.1) is 0 Å². The lowest BCUT2D eigenvalue weighted by atomic mass is 9.85. The van der Waals surface area contributed by atoms with Crippen LogP contribution in [-0.4, -0.2) is 6.29 Å². The van der Waals surface area contributed by atoms with Gasteiger partial charge in [-0.3, -0.25) is 4.79 Å². The van der Waals surface area contributed by atoms with Crippen LogP contribution in [0.4, 0.5) is 0 Å². The van der Waals surface area contributed by atoms with Gasteiger partial charge in [0.1, 0.15) is 6.29 Å². The molecule has 0 radical (unpaired) electrons. The maximum Gasteiger partial charge on any atom is 0.150 e. The van der Waals surface area contributed by atoms with E-state index in [0.29, 0.717) is 5.92 Å². The van der Waals surface area contributed by atoms with E-state index in [9.17, 15) is 4.79 Å². The zero-order valence-electron chi connectivity index (χ0n) is 8.05. The van der Waals surface area contributed by atoms with Crippen molar-refractivity contribution < 1.29 is 4.79 Å². The van der Waals surface area contributed by atoms with Gasteiger partial charge in [0.25, 0.3) is 0 Å². The molecule has 1 nitrogen and oxygen atoms in total. The number of hydrogen-bond donors (Lipinski definition) is 0. The van der Waals surface area contributed by atoms with E-state index in [1.807, 2.05) is 6.92 Å². The second kappa shape index (κ2) is 3.70. The van der Waals surface area contributed by atoms with Crippen LogP contribution in [-0.2, 0) is 4.79 Å². The summed E-state index contributed by atoms with van der Waals surface area (Å²) in [5, 5.41) is 0. The zero-order valence-corrected chi connectivity index (χ0v) is 8.05. The van der Waals surface area contributed by atoms with Gasteiger partial charge in [-0.2, -0.15) is 0 Å². The highest BCUT2D eigenvalue weighted by Gasteiger charge is 2.15. The molecule has 0 bridgehead atoms. The molecule has 0 heterocycles. The molecule has 12 heavy (non-hydrogen) atoms. The van der Waals surface area contributed by atoms with Crippen LogP contribution < -0.4 is 0 Å². The molecule has 0 aromatic carbocycles. The molecular formula is C11H16O. The van der Waals surface area contributed by atoms with E-state index in [1.165, 1.54) is 12.0 Å². The molecule has 0 N–H and O–H groups in total. The molecule has 1 aliphatic rings. The van der Waals surface area contributed by atoms with Crippen LogP contribution in [0.25, 0.3) is 0 Å². The fourth-order valence-corrected chi connectivity index (χ4v) is 1.80. The number of hydrogen-bond acceptors (Lipinski definition) is 1. The van der Waals surface area contributed by atoms with Crippen LogP contribution in [0.15, 0.2) is 22.8 Å². The van der Waals surface area contributed by atoms with Gasteiger partial charge in [0.2, 0.25) is 0 Å². The first-order valence-electron chi connectivity index (χ1n) is 4.52. The maximum absolute atomic E-state index is 10.7. The van der Waals surface area contributed by atoms with Gasteiger partial charge in [-0.05, 0) is 38.2 Å². The van der Waals surface area contributed by atoms with E-state index in [0.717, 1.165) is 23.9 Å². The zero-order chi connectivity index (χ0) is 9.14. The molecule has 1 aliphatic carbocycles. The average Bonchev–Trinajstić information content (AvgIpc) is 2.03. The van der Waals surface area contributed by atoms with Gasteiger partial charge in [-0.25, -0.2) is 0 Å². The highest BCUT2D eigenvalue weighted by atomic mass is 16.1. The molecular weight excluding hydrogens is 148 g/mol. The van der Waals surface area contributed by atoms with E-state index < -0.39 is 0 Å². The topological polar surface area (TPSA) is 17.1 Å². The van der Waals surface area contributed by atoms with Crippen molar-refractivity contribution in [3.05, 3.63) is 22.8 Å².